The molecule has 0 saturated carbocycles. The van der Waals surface area contributed by atoms with Gasteiger partial charge in [-0.25, -0.2) is 14.4 Å². The summed E-state index contributed by atoms with van der Waals surface area (Å²) in [6.45, 7) is 5.87. The zero-order valence-corrected chi connectivity index (χ0v) is 25.8. The van der Waals surface area contributed by atoms with Gasteiger partial charge in [0.25, 0.3) is 0 Å². The SMILES string of the molecule is N#Cc1cc(-c2ncnc(Nc3ccc(N4CCN(C5COC5)CC4)cc3)n2)ccc1OC1CCN(C(=O)C2CCC(=O)N2)C[C@H]1F. The van der Waals surface area contributed by atoms with Crippen molar-refractivity contribution in [3.8, 4) is 23.2 Å². The highest BCUT2D eigenvalue weighted by atomic mass is 19.1. The fraction of sp³-hybridized carbons (Fsp3) is 0.455. The Bertz CT molecular complexity index is 1660. The van der Waals surface area contributed by atoms with Crippen molar-refractivity contribution in [3.63, 3.8) is 0 Å². The summed E-state index contributed by atoms with van der Waals surface area (Å²) in [5, 5.41) is 15.7. The Kier molecular flexibility index (Phi) is 8.82. The van der Waals surface area contributed by atoms with Gasteiger partial charge in [-0.1, -0.05) is 0 Å². The van der Waals surface area contributed by atoms with Crippen LogP contribution in [0.2, 0.25) is 0 Å². The number of carbonyl (C=O) groups excluding carboxylic acids is 2. The topological polar surface area (TPSA) is 149 Å². The number of piperazine rings is 1. The van der Waals surface area contributed by atoms with E-state index in [1.54, 1.807) is 18.2 Å². The predicted molar refractivity (Wildman–Crippen MR) is 170 cm³/mol. The number of alkyl halides is 1. The quantitative estimate of drug-likeness (QED) is 0.373. The zero-order chi connectivity index (χ0) is 32.3. The van der Waals surface area contributed by atoms with Crippen molar-refractivity contribution in [1.29, 1.82) is 5.26 Å². The van der Waals surface area contributed by atoms with E-state index in [4.69, 9.17) is 9.47 Å². The number of halogens is 1. The van der Waals surface area contributed by atoms with Crippen molar-refractivity contribution in [2.24, 2.45) is 0 Å². The van der Waals surface area contributed by atoms with Gasteiger partial charge in [0.05, 0.1) is 31.4 Å². The molecule has 1 aromatic heterocycles. The molecule has 0 aliphatic carbocycles. The molecular weight excluding hydrogens is 605 g/mol. The molecule has 2 amide bonds. The summed E-state index contributed by atoms with van der Waals surface area (Å²) in [6.07, 6.45) is 0.123. The minimum atomic E-state index is -1.44. The second kappa shape index (κ2) is 13.5. The number of amides is 2. The minimum absolute atomic E-state index is 0.132. The lowest BCUT2D eigenvalue weighted by Gasteiger charge is -2.43. The maximum atomic E-state index is 15.2. The summed E-state index contributed by atoms with van der Waals surface area (Å²) < 4.78 is 26.4. The molecule has 244 valence electrons. The van der Waals surface area contributed by atoms with Crippen LogP contribution >= 0.6 is 0 Å². The summed E-state index contributed by atoms with van der Waals surface area (Å²) in [6, 6.07) is 15.2. The van der Waals surface area contributed by atoms with Gasteiger partial charge in [-0.05, 0) is 48.9 Å². The van der Waals surface area contributed by atoms with Gasteiger partial charge in [0.15, 0.2) is 12.0 Å². The Hall–Kier alpha value is -4.87. The fourth-order valence-corrected chi connectivity index (χ4v) is 6.42. The molecule has 3 atom stereocenters. The summed E-state index contributed by atoms with van der Waals surface area (Å²) in [4.78, 5) is 43.6. The predicted octanol–water partition coefficient (Wildman–Crippen LogP) is 2.27. The molecule has 3 aromatic rings. The highest BCUT2D eigenvalue weighted by Gasteiger charge is 2.37. The number of likely N-dealkylation sites (tertiary alicyclic amines) is 1. The second-order valence-corrected chi connectivity index (χ2v) is 12.2. The molecule has 14 heteroatoms. The Morgan fingerprint density at radius 3 is 2.55 bits per heavy atom. The van der Waals surface area contributed by atoms with Crippen LogP contribution in [0.1, 0.15) is 24.8 Å². The van der Waals surface area contributed by atoms with Crippen LogP contribution in [-0.2, 0) is 14.3 Å². The van der Waals surface area contributed by atoms with Crippen molar-refractivity contribution < 1.29 is 23.5 Å². The van der Waals surface area contributed by atoms with Gasteiger partial charge in [0.1, 0.15) is 30.3 Å². The Balaban J connectivity index is 0.956. The van der Waals surface area contributed by atoms with Crippen LogP contribution in [0, 0.1) is 11.3 Å². The first-order chi connectivity index (χ1) is 22.9. The number of anilines is 3. The van der Waals surface area contributed by atoms with E-state index in [0.717, 1.165) is 45.1 Å². The summed E-state index contributed by atoms with van der Waals surface area (Å²) >= 11 is 0. The molecule has 4 saturated heterocycles. The van der Waals surface area contributed by atoms with Crippen LogP contribution in [0.4, 0.5) is 21.7 Å². The maximum Gasteiger partial charge on any atom is 0.245 e. The van der Waals surface area contributed by atoms with Gasteiger partial charge in [-0.2, -0.15) is 10.2 Å². The van der Waals surface area contributed by atoms with Crippen molar-refractivity contribution >= 4 is 29.1 Å². The number of benzene rings is 2. The normalized spacial score (nSPS) is 23.5. The number of nitriles is 1. The molecule has 0 spiro atoms. The molecule has 13 nitrogen and oxygen atoms in total. The third-order valence-electron chi connectivity index (χ3n) is 9.23. The molecule has 4 aliphatic heterocycles. The van der Waals surface area contributed by atoms with Crippen LogP contribution in [-0.4, -0.2) is 113 Å². The molecule has 7 rings (SSSR count). The number of carbonyl (C=O) groups is 2. The van der Waals surface area contributed by atoms with Crippen LogP contribution in [0.3, 0.4) is 0 Å². The standard InChI is InChI=1S/C33H36FN9O4/c34-26-17-43(32(45)27-6-8-30(44)39-27)10-9-29(26)47-28-7-1-21(15-22(28)16-35)31-36-20-37-33(40-31)38-23-2-4-24(5-3-23)41-11-13-42(14-12-41)25-18-46-19-25/h1-5,7,15,20,25-27,29H,6,8-14,17-19H2,(H,39,44)(H,36,37,38,40)/t26-,27?,29?/m1/s1. The van der Waals surface area contributed by atoms with Gasteiger partial charge < -0.3 is 29.9 Å². The third-order valence-corrected chi connectivity index (χ3v) is 9.23. The number of piperidine rings is 1. The van der Waals surface area contributed by atoms with Gasteiger partial charge >= 0.3 is 0 Å². The van der Waals surface area contributed by atoms with E-state index in [1.807, 2.05) is 12.1 Å². The summed E-state index contributed by atoms with van der Waals surface area (Å²) in [7, 11) is 0. The van der Waals surface area contributed by atoms with Crippen LogP contribution in [0.25, 0.3) is 11.4 Å². The van der Waals surface area contributed by atoms with Crippen LogP contribution < -0.4 is 20.3 Å². The summed E-state index contributed by atoms with van der Waals surface area (Å²) in [5.41, 5.74) is 2.80. The average Bonchev–Trinajstić information content (AvgIpc) is 3.51. The number of nitrogens with one attached hydrogen (secondary N) is 2. The first-order valence-corrected chi connectivity index (χ1v) is 16.0. The molecule has 0 bridgehead atoms. The molecule has 47 heavy (non-hydrogen) atoms. The van der Waals surface area contributed by atoms with E-state index in [2.05, 4.69) is 53.6 Å². The highest BCUT2D eigenvalue weighted by molar-refractivity contribution is 5.90. The second-order valence-electron chi connectivity index (χ2n) is 12.2. The first-order valence-electron chi connectivity index (χ1n) is 16.0. The molecule has 0 radical (unpaired) electrons. The minimum Gasteiger partial charge on any atom is -0.486 e. The number of nitrogens with zero attached hydrogens (tertiary/aromatic N) is 7. The number of ether oxygens (including phenoxy) is 2. The number of hydrogen-bond acceptors (Lipinski definition) is 11. The van der Waals surface area contributed by atoms with Crippen molar-refractivity contribution in [1.82, 2.24) is 30.1 Å². The number of rotatable bonds is 8. The van der Waals surface area contributed by atoms with Crippen molar-refractivity contribution in [3.05, 3.63) is 54.4 Å². The molecule has 4 aliphatic rings. The van der Waals surface area contributed by atoms with Crippen LogP contribution in [0.5, 0.6) is 5.75 Å². The summed E-state index contributed by atoms with van der Waals surface area (Å²) in [5.74, 6) is 0.535. The Morgan fingerprint density at radius 2 is 1.87 bits per heavy atom. The smallest absolute Gasteiger partial charge is 0.245 e. The molecule has 2 aromatic carbocycles. The molecule has 2 unspecified atom stereocenters. The monoisotopic (exact) mass is 641 g/mol. The maximum absolute atomic E-state index is 15.2. The van der Waals surface area contributed by atoms with Gasteiger partial charge in [0.2, 0.25) is 17.8 Å². The molecular formula is C33H36FN9O4. The lowest BCUT2D eigenvalue weighted by Crippen LogP contribution is -2.56. The average molecular weight is 642 g/mol. The number of aromatic nitrogens is 3. The van der Waals surface area contributed by atoms with E-state index in [9.17, 15) is 14.9 Å². The Morgan fingerprint density at radius 1 is 1.06 bits per heavy atom. The van der Waals surface area contributed by atoms with E-state index in [1.165, 1.54) is 16.9 Å². The van der Waals surface area contributed by atoms with E-state index >= 15 is 4.39 Å². The Labute approximate surface area is 271 Å². The van der Waals surface area contributed by atoms with E-state index in [-0.39, 0.29) is 36.1 Å². The fourth-order valence-electron chi connectivity index (χ4n) is 6.42. The van der Waals surface area contributed by atoms with Gasteiger partial charge in [0, 0.05) is 62.5 Å². The number of hydrogen-bond donors (Lipinski definition) is 2. The zero-order valence-electron chi connectivity index (χ0n) is 25.8. The van der Waals surface area contributed by atoms with Gasteiger partial charge in [-0.3, -0.25) is 14.5 Å². The lowest BCUT2D eigenvalue weighted by atomic mass is 10.0. The van der Waals surface area contributed by atoms with Crippen molar-refractivity contribution in [2.75, 3.05) is 62.7 Å². The molecule has 5 heterocycles. The van der Waals surface area contributed by atoms with Crippen LogP contribution in [0.15, 0.2) is 48.8 Å². The van der Waals surface area contributed by atoms with E-state index in [0.29, 0.717) is 42.8 Å². The molecule has 4 fully saturated rings. The van der Waals surface area contributed by atoms with Gasteiger partial charge in [-0.15, -0.1) is 0 Å². The van der Waals surface area contributed by atoms with E-state index < -0.39 is 18.3 Å². The van der Waals surface area contributed by atoms with Crippen molar-refractivity contribution in [2.45, 2.75) is 43.6 Å². The third kappa shape index (κ3) is 6.81. The lowest BCUT2D eigenvalue weighted by molar-refractivity contribution is -0.138. The largest absolute Gasteiger partial charge is 0.486 e. The molecule has 2 N–H and O–H groups in total. The first kappa shape index (κ1) is 30.8. The highest BCUT2D eigenvalue weighted by Crippen LogP contribution is 2.29.